The first kappa shape index (κ1) is 22.5. The van der Waals surface area contributed by atoms with E-state index >= 15 is 0 Å². The molecule has 2 aliphatic heterocycles. The van der Waals surface area contributed by atoms with Gasteiger partial charge >= 0.3 is 11.9 Å². The van der Waals surface area contributed by atoms with Gasteiger partial charge in [0.05, 0.1) is 18.3 Å². The van der Waals surface area contributed by atoms with Crippen LogP contribution < -0.4 is 4.74 Å². The molecule has 0 aromatic heterocycles. The summed E-state index contributed by atoms with van der Waals surface area (Å²) in [7, 11) is 4.10. The Morgan fingerprint density at radius 3 is 2.29 bits per heavy atom. The van der Waals surface area contributed by atoms with Gasteiger partial charge in [-0.2, -0.15) is 0 Å². The minimum atomic E-state index is -1.26. The molecule has 0 bridgehead atoms. The number of likely N-dealkylation sites (N-methyl/N-ethyl adjacent to an activating group) is 1. The molecule has 2 N–H and O–H groups in total. The molecule has 2 aromatic rings. The molecule has 0 radical (unpaired) electrons. The van der Waals surface area contributed by atoms with Crippen molar-refractivity contribution in [3.63, 3.8) is 0 Å². The smallest absolute Gasteiger partial charge is 0.328 e. The van der Waals surface area contributed by atoms with E-state index in [-0.39, 0.29) is 6.10 Å². The van der Waals surface area contributed by atoms with Crippen LogP contribution in [0.15, 0.2) is 60.7 Å². The first-order valence-corrected chi connectivity index (χ1v) is 9.73. The number of ether oxygens (including phenoxy) is 3. The lowest BCUT2D eigenvalue weighted by molar-refractivity contribution is -0.144. The Balaban J connectivity index is 0.000000293. The van der Waals surface area contributed by atoms with Gasteiger partial charge in [-0.15, -0.1) is 0 Å². The molecule has 2 aromatic carbocycles. The average molecular weight is 427 g/mol. The van der Waals surface area contributed by atoms with Gasteiger partial charge < -0.3 is 29.3 Å². The fraction of sp³-hybridized carbons (Fsp3) is 0.304. The topological polar surface area (TPSA) is 106 Å². The van der Waals surface area contributed by atoms with E-state index in [1.807, 2.05) is 50.5 Å². The predicted octanol–water partition coefficient (Wildman–Crippen LogP) is 2.47. The molecular formula is C23H25NO7. The molecule has 31 heavy (non-hydrogen) atoms. The van der Waals surface area contributed by atoms with E-state index in [9.17, 15) is 9.59 Å². The van der Waals surface area contributed by atoms with E-state index in [1.54, 1.807) is 0 Å². The number of fused-ring (bicyclic) bond motifs is 4. The molecule has 8 heteroatoms. The number of hydrogen-bond donors (Lipinski definition) is 2. The van der Waals surface area contributed by atoms with Crippen LogP contribution in [-0.2, 0) is 31.5 Å². The summed E-state index contributed by atoms with van der Waals surface area (Å²) in [5, 5.41) is 15.6. The van der Waals surface area contributed by atoms with Crippen LogP contribution in [0.2, 0.25) is 0 Å². The van der Waals surface area contributed by atoms with E-state index < -0.39 is 17.7 Å². The van der Waals surface area contributed by atoms with Gasteiger partial charge in [0, 0.05) is 24.3 Å². The largest absolute Gasteiger partial charge is 0.488 e. The quantitative estimate of drug-likeness (QED) is 0.717. The van der Waals surface area contributed by atoms with Crippen LogP contribution in [0.3, 0.4) is 0 Å². The highest BCUT2D eigenvalue weighted by Gasteiger charge is 2.48. The van der Waals surface area contributed by atoms with Gasteiger partial charge in [-0.3, -0.25) is 0 Å². The SMILES string of the molecule is CN(C)CC1COC2(O1)c1ccccc1COc1ccccc12.O=C(O)/C=C/C(=O)O. The molecule has 1 saturated heterocycles. The summed E-state index contributed by atoms with van der Waals surface area (Å²) in [5.74, 6) is -2.56. The highest BCUT2D eigenvalue weighted by atomic mass is 16.7. The first-order valence-electron chi connectivity index (χ1n) is 9.73. The zero-order valence-electron chi connectivity index (χ0n) is 17.4. The van der Waals surface area contributed by atoms with Crippen LogP contribution in [0.25, 0.3) is 0 Å². The Bertz CT molecular complexity index is 906. The molecule has 2 unspecified atom stereocenters. The van der Waals surface area contributed by atoms with Crippen molar-refractivity contribution in [2.24, 2.45) is 0 Å². The first-order chi connectivity index (χ1) is 14.8. The normalized spacial score (nSPS) is 21.6. The monoisotopic (exact) mass is 427 g/mol. The van der Waals surface area contributed by atoms with E-state index in [0.29, 0.717) is 25.4 Å². The van der Waals surface area contributed by atoms with Crippen molar-refractivity contribution in [3.05, 3.63) is 77.4 Å². The summed E-state index contributed by atoms with van der Waals surface area (Å²) in [4.78, 5) is 21.2. The molecule has 2 atom stereocenters. The van der Waals surface area contributed by atoms with Crippen molar-refractivity contribution in [3.8, 4) is 5.75 Å². The lowest BCUT2D eigenvalue weighted by atomic mass is 9.93. The van der Waals surface area contributed by atoms with E-state index in [2.05, 4.69) is 17.0 Å². The fourth-order valence-corrected chi connectivity index (χ4v) is 3.57. The molecule has 2 aliphatic rings. The van der Waals surface area contributed by atoms with E-state index in [1.165, 1.54) is 0 Å². The standard InChI is InChI=1S/C19H21NO3.C4H4O4/c1-20(2)11-15-13-22-19(23-15)16-8-4-3-7-14(16)12-21-18-10-6-5-9-17(18)19;5-3(6)1-2-4(7)8/h3-10,15H,11-13H2,1-2H3;1-2H,(H,5,6)(H,7,8)/b;2-1+. The molecule has 2 heterocycles. The van der Waals surface area contributed by atoms with Gasteiger partial charge in [0.2, 0.25) is 5.79 Å². The Morgan fingerprint density at radius 1 is 1.03 bits per heavy atom. The molecule has 8 nitrogen and oxygen atoms in total. The van der Waals surface area contributed by atoms with Crippen molar-refractivity contribution >= 4 is 11.9 Å². The molecule has 1 spiro atoms. The second-order valence-corrected chi connectivity index (χ2v) is 7.38. The van der Waals surface area contributed by atoms with Crippen LogP contribution in [0.5, 0.6) is 5.75 Å². The summed E-state index contributed by atoms with van der Waals surface area (Å²) in [6.45, 7) is 1.92. The number of carboxylic acids is 2. The number of hydrogen-bond acceptors (Lipinski definition) is 6. The van der Waals surface area contributed by atoms with Crippen LogP contribution in [0.1, 0.15) is 16.7 Å². The molecule has 0 amide bonds. The summed E-state index contributed by atoms with van der Waals surface area (Å²) in [5.41, 5.74) is 3.10. The van der Waals surface area contributed by atoms with Crippen LogP contribution in [0, 0.1) is 0 Å². The lowest BCUT2D eigenvalue weighted by Gasteiger charge is -2.30. The third-order valence-electron chi connectivity index (χ3n) is 4.74. The van der Waals surface area contributed by atoms with Crippen molar-refractivity contribution in [2.75, 3.05) is 27.2 Å². The van der Waals surface area contributed by atoms with Gasteiger partial charge in [-0.05, 0) is 31.8 Å². The molecule has 0 saturated carbocycles. The maximum atomic E-state index is 9.55. The third-order valence-corrected chi connectivity index (χ3v) is 4.74. The van der Waals surface area contributed by atoms with Crippen molar-refractivity contribution < 1.29 is 34.0 Å². The number of carbonyl (C=O) groups is 2. The van der Waals surface area contributed by atoms with Crippen molar-refractivity contribution in [2.45, 2.75) is 18.5 Å². The lowest BCUT2D eigenvalue weighted by Crippen LogP contribution is -2.33. The average Bonchev–Trinajstić information content (AvgIpc) is 3.09. The zero-order chi connectivity index (χ0) is 22.4. The van der Waals surface area contributed by atoms with Gasteiger partial charge in [0.15, 0.2) is 0 Å². The molecular weight excluding hydrogens is 402 g/mol. The molecule has 0 aliphatic carbocycles. The molecule has 1 fully saturated rings. The van der Waals surface area contributed by atoms with Gasteiger partial charge in [-0.25, -0.2) is 9.59 Å². The number of benzene rings is 2. The molecule has 4 rings (SSSR count). The van der Waals surface area contributed by atoms with E-state index in [0.717, 1.165) is 29.0 Å². The van der Waals surface area contributed by atoms with Crippen LogP contribution in [0.4, 0.5) is 0 Å². The van der Waals surface area contributed by atoms with Gasteiger partial charge in [0.25, 0.3) is 0 Å². The Labute approximate surface area is 180 Å². The molecule has 164 valence electrons. The Kier molecular flexibility index (Phi) is 7.06. The predicted molar refractivity (Wildman–Crippen MR) is 112 cm³/mol. The van der Waals surface area contributed by atoms with Crippen LogP contribution in [-0.4, -0.2) is 60.4 Å². The highest BCUT2D eigenvalue weighted by Crippen LogP contribution is 2.47. The zero-order valence-corrected chi connectivity index (χ0v) is 17.4. The van der Waals surface area contributed by atoms with Crippen molar-refractivity contribution in [1.82, 2.24) is 4.90 Å². The summed E-state index contributed by atoms with van der Waals surface area (Å²) in [6.07, 6.45) is 1.15. The highest BCUT2D eigenvalue weighted by molar-refractivity contribution is 5.89. The summed E-state index contributed by atoms with van der Waals surface area (Å²) < 4.78 is 18.8. The summed E-state index contributed by atoms with van der Waals surface area (Å²) >= 11 is 0. The number of para-hydroxylation sites is 1. The second kappa shape index (κ2) is 9.74. The minimum Gasteiger partial charge on any atom is -0.488 e. The van der Waals surface area contributed by atoms with Gasteiger partial charge in [-0.1, -0.05) is 36.4 Å². The minimum absolute atomic E-state index is 0.0317. The number of aliphatic carboxylic acids is 2. The van der Waals surface area contributed by atoms with Gasteiger partial charge in [0.1, 0.15) is 12.4 Å². The second-order valence-electron chi connectivity index (χ2n) is 7.38. The summed E-state index contributed by atoms with van der Waals surface area (Å²) in [6, 6.07) is 16.2. The van der Waals surface area contributed by atoms with Crippen LogP contribution >= 0.6 is 0 Å². The number of carboxylic acid groups (broad SMARTS) is 2. The Morgan fingerprint density at radius 2 is 1.65 bits per heavy atom. The number of rotatable bonds is 4. The van der Waals surface area contributed by atoms with Crippen molar-refractivity contribution in [1.29, 1.82) is 0 Å². The fourth-order valence-electron chi connectivity index (χ4n) is 3.57. The third kappa shape index (κ3) is 5.29. The maximum absolute atomic E-state index is 9.55. The Hall–Kier alpha value is -3.20. The van der Waals surface area contributed by atoms with E-state index in [4.69, 9.17) is 24.4 Å². The maximum Gasteiger partial charge on any atom is 0.328 e. The number of nitrogens with zero attached hydrogens (tertiary/aromatic N) is 1.